The molecule has 21 heavy (non-hydrogen) atoms. The number of rotatable bonds is 13. The van der Waals surface area contributed by atoms with E-state index in [0.717, 1.165) is 0 Å². The highest BCUT2D eigenvalue weighted by molar-refractivity contribution is 7.47. The molecule has 0 bridgehead atoms. The lowest BCUT2D eigenvalue weighted by Gasteiger charge is -2.17. The molecule has 0 rings (SSSR count). The van der Waals surface area contributed by atoms with Crippen molar-refractivity contribution >= 4 is 19.8 Å². The van der Waals surface area contributed by atoms with Crippen molar-refractivity contribution in [3.63, 3.8) is 0 Å². The van der Waals surface area contributed by atoms with Crippen LogP contribution >= 0.6 is 7.82 Å². The van der Waals surface area contributed by atoms with Gasteiger partial charge in [-0.1, -0.05) is 0 Å². The molecular weight excluding hydrogens is 309 g/mol. The number of nitrogens with two attached hydrogens (primary N) is 1. The molecule has 0 spiro atoms. The largest absolute Gasteiger partial charge is 0.481 e. The summed E-state index contributed by atoms with van der Waals surface area (Å²) in [6, 6.07) is 0. The Balaban J connectivity index is 4.12. The van der Waals surface area contributed by atoms with Crippen molar-refractivity contribution in [2.45, 2.75) is 25.4 Å². The summed E-state index contributed by atoms with van der Waals surface area (Å²) in [5.74, 6) is -2.78. The third-order valence-electron chi connectivity index (χ3n) is 2.11. The first-order valence-electron chi connectivity index (χ1n) is 6.16. The summed E-state index contributed by atoms with van der Waals surface area (Å²) < 4.78 is 25.5. The van der Waals surface area contributed by atoms with Crippen molar-refractivity contribution in [1.29, 1.82) is 0 Å². The van der Waals surface area contributed by atoms with Crippen LogP contribution in [0.1, 0.15) is 19.3 Å². The van der Waals surface area contributed by atoms with Crippen LogP contribution in [0.25, 0.3) is 0 Å². The van der Waals surface area contributed by atoms with Gasteiger partial charge < -0.3 is 25.6 Å². The molecule has 2 unspecified atom stereocenters. The summed E-state index contributed by atoms with van der Waals surface area (Å²) >= 11 is 0. The Kier molecular flexibility index (Phi) is 10.1. The maximum absolute atomic E-state index is 11.5. The van der Waals surface area contributed by atoms with Crippen LogP contribution in [-0.4, -0.2) is 59.5 Å². The van der Waals surface area contributed by atoms with Crippen LogP contribution < -0.4 is 5.73 Å². The third-order valence-corrected chi connectivity index (χ3v) is 3.14. The first-order valence-corrected chi connectivity index (χ1v) is 7.66. The SMILES string of the molecule is NCCOCCCOP(=O)(O)OC(CCC(=O)O)C(=O)O. The minimum Gasteiger partial charge on any atom is -0.481 e. The topological polar surface area (TPSA) is 166 Å². The molecule has 5 N–H and O–H groups in total. The van der Waals surface area contributed by atoms with Crippen LogP contribution in [-0.2, 0) is 27.9 Å². The fourth-order valence-electron chi connectivity index (χ4n) is 1.19. The molecule has 0 fully saturated rings. The molecule has 0 aromatic heterocycles. The smallest absolute Gasteiger partial charge is 0.473 e. The quantitative estimate of drug-likeness (QED) is 0.262. The molecule has 2 atom stereocenters. The highest BCUT2D eigenvalue weighted by Gasteiger charge is 2.31. The Morgan fingerprint density at radius 1 is 1.19 bits per heavy atom. The number of hydrogen-bond acceptors (Lipinski definition) is 7. The van der Waals surface area contributed by atoms with E-state index in [4.69, 9.17) is 20.7 Å². The molecule has 10 nitrogen and oxygen atoms in total. The molecule has 0 saturated heterocycles. The molecule has 0 aromatic carbocycles. The molecule has 0 aliphatic rings. The average molecular weight is 329 g/mol. The summed E-state index contributed by atoms with van der Waals surface area (Å²) in [7, 11) is -4.57. The normalized spacial score (nSPS) is 15.3. The second kappa shape index (κ2) is 10.7. The Hall–Kier alpha value is -1.03. The predicted octanol–water partition coefficient (Wildman–Crippen LogP) is -0.197. The fourth-order valence-corrected chi connectivity index (χ4v) is 2.13. The number of hydrogen-bond donors (Lipinski definition) is 4. The fraction of sp³-hybridized carbons (Fsp3) is 0.800. The van der Waals surface area contributed by atoms with E-state index < -0.39 is 38.7 Å². The summed E-state index contributed by atoms with van der Waals surface area (Å²) in [6.07, 6.45) is -2.39. The highest BCUT2D eigenvalue weighted by atomic mass is 31.2. The zero-order chi connectivity index (χ0) is 16.3. The Labute approximate surface area is 121 Å². The molecule has 0 heterocycles. The van der Waals surface area contributed by atoms with E-state index in [-0.39, 0.29) is 13.2 Å². The standard InChI is InChI=1S/C10H20NO9P/c11-4-7-18-5-1-6-19-21(16,17)20-8(10(14)15)2-3-9(12)13/h8H,1-7,11H2,(H,12,13)(H,14,15)(H,16,17). The van der Waals surface area contributed by atoms with Crippen molar-refractivity contribution in [2.24, 2.45) is 5.73 Å². The summed E-state index contributed by atoms with van der Waals surface area (Å²) in [6.45, 7) is 0.790. The number of phosphoric acid groups is 1. The number of carboxylic acid groups (broad SMARTS) is 2. The van der Waals surface area contributed by atoms with Gasteiger partial charge in [0.1, 0.15) is 0 Å². The number of aliphatic carboxylic acids is 2. The first kappa shape index (κ1) is 20.0. The van der Waals surface area contributed by atoms with Crippen LogP contribution in [0, 0.1) is 0 Å². The van der Waals surface area contributed by atoms with Crippen molar-refractivity contribution in [3.8, 4) is 0 Å². The summed E-state index contributed by atoms with van der Waals surface area (Å²) in [4.78, 5) is 30.5. The van der Waals surface area contributed by atoms with Crippen molar-refractivity contribution in [3.05, 3.63) is 0 Å². The summed E-state index contributed by atoms with van der Waals surface area (Å²) in [5, 5.41) is 17.2. The van der Waals surface area contributed by atoms with Gasteiger partial charge >= 0.3 is 19.8 Å². The van der Waals surface area contributed by atoms with Crippen LogP contribution in [0.2, 0.25) is 0 Å². The van der Waals surface area contributed by atoms with Crippen molar-refractivity contribution < 1.29 is 43.0 Å². The van der Waals surface area contributed by atoms with Gasteiger partial charge in [-0.05, 0) is 12.8 Å². The van der Waals surface area contributed by atoms with Crippen LogP contribution in [0.15, 0.2) is 0 Å². The van der Waals surface area contributed by atoms with E-state index in [1.807, 2.05) is 0 Å². The van der Waals surface area contributed by atoms with E-state index >= 15 is 0 Å². The minimum absolute atomic E-state index is 0.177. The van der Waals surface area contributed by atoms with Gasteiger partial charge in [-0.25, -0.2) is 9.36 Å². The maximum atomic E-state index is 11.5. The molecule has 0 aliphatic heterocycles. The second-order valence-electron chi connectivity index (χ2n) is 3.92. The minimum atomic E-state index is -4.57. The van der Waals surface area contributed by atoms with Gasteiger partial charge in [0.25, 0.3) is 0 Å². The monoisotopic (exact) mass is 329 g/mol. The number of carbonyl (C=O) groups is 2. The maximum Gasteiger partial charge on any atom is 0.473 e. The van der Waals surface area contributed by atoms with Gasteiger partial charge in [0, 0.05) is 19.6 Å². The number of ether oxygens (including phenoxy) is 1. The van der Waals surface area contributed by atoms with Gasteiger partial charge in [0.15, 0.2) is 6.10 Å². The van der Waals surface area contributed by atoms with Crippen LogP contribution in [0.4, 0.5) is 0 Å². The molecule has 0 aromatic rings. The van der Waals surface area contributed by atoms with E-state index in [1.165, 1.54) is 0 Å². The van der Waals surface area contributed by atoms with Crippen LogP contribution in [0.5, 0.6) is 0 Å². The lowest BCUT2D eigenvalue weighted by atomic mass is 10.2. The molecule has 0 saturated carbocycles. The molecule has 0 aliphatic carbocycles. The Morgan fingerprint density at radius 3 is 2.38 bits per heavy atom. The molecule has 0 radical (unpaired) electrons. The summed E-state index contributed by atoms with van der Waals surface area (Å²) in [5.41, 5.74) is 5.19. The molecule has 0 amide bonds. The Morgan fingerprint density at radius 2 is 1.86 bits per heavy atom. The van der Waals surface area contributed by atoms with E-state index in [9.17, 15) is 19.0 Å². The van der Waals surface area contributed by atoms with Crippen molar-refractivity contribution in [1.82, 2.24) is 0 Å². The average Bonchev–Trinajstić information content (AvgIpc) is 2.38. The zero-order valence-corrected chi connectivity index (χ0v) is 12.2. The van der Waals surface area contributed by atoms with E-state index in [0.29, 0.717) is 19.6 Å². The molecule has 11 heteroatoms. The van der Waals surface area contributed by atoms with Gasteiger partial charge in [-0.15, -0.1) is 0 Å². The second-order valence-corrected chi connectivity index (χ2v) is 5.33. The Bertz CT molecular complexity index is 376. The van der Waals surface area contributed by atoms with Crippen molar-refractivity contribution in [2.75, 3.05) is 26.4 Å². The first-order chi connectivity index (χ1) is 9.78. The van der Waals surface area contributed by atoms with Gasteiger partial charge in [-0.2, -0.15) is 0 Å². The molecular formula is C10H20NO9P. The third kappa shape index (κ3) is 11.3. The van der Waals surface area contributed by atoms with Gasteiger partial charge in [-0.3, -0.25) is 13.8 Å². The van der Waals surface area contributed by atoms with E-state index in [1.54, 1.807) is 0 Å². The lowest BCUT2D eigenvalue weighted by molar-refractivity contribution is -0.147. The number of carboxylic acids is 2. The van der Waals surface area contributed by atoms with E-state index in [2.05, 4.69) is 9.05 Å². The predicted molar refractivity (Wildman–Crippen MR) is 69.6 cm³/mol. The van der Waals surface area contributed by atoms with Gasteiger partial charge in [0.2, 0.25) is 0 Å². The highest BCUT2D eigenvalue weighted by Crippen LogP contribution is 2.45. The zero-order valence-electron chi connectivity index (χ0n) is 11.3. The lowest BCUT2D eigenvalue weighted by Crippen LogP contribution is -2.24. The number of phosphoric ester groups is 1. The molecule has 124 valence electrons. The van der Waals surface area contributed by atoms with Crippen LogP contribution in [0.3, 0.4) is 0 Å². The van der Waals surface area contributed by atoms with Gasteiger partial charge in [0.05, 0.1) is 13.2 Å².